The maximum absolute atomic E-state index is 5.89. The molecule has 0 aromatic carbocycles. The number of rotatable bonds is 5. The summed E-state index contributed by atoms with van der Waals surface area (Å²) in [6.07, 6.45) is 4.07. The van der Waals surface area contributed by atoms with E-state index in [0.29, 0.717) is 18.3 Å². The molecule has 1 aliphatic rings. The van der Waals surface area contributed by atoms with Gasteiger partial charge in [-0.15, -0.1) is 0 Å². The highest BCUT2D eigenvalue weighted by molar-refractivity contribution is 5.05. The second-order valence-corrected chi connectivity index (χ2v) is 5.40. The van der Waals surface area contributed by atoms with Gasteiger partial charge in [0, 0.05) is 14.2 Å². The van der Waals surface area contributed by atoms with Crippen molar-refractivity contribution in [3.8, 4) is 0 Å². The van der Waals surface area contributed by atoms with Gasteiger partial charge in [-0.05, 0) is 31.6 Å². The highest BCUT2D eigenvalue weighted by Crippen LogP contribution is 2.40. The first kappa shape index (κ1) is 14.4. The number of aromatic nitrogens is 2. The average Bonchev–Trinajstić information content (AvgIpc) is 2.91. The van der Waals surface area contributed by atoms with Crippen LogP contribution in [0.3, 0.4) is 0 Å². The Balaban J connectivity index is 2.15. The molecule has 108 valence electrons. The maximum atomic E-state index is 5.89. The minimum absolute atomic E-state index is 0.360. The van der Waals surface area contributed by atoms with Gasteiger partial charge in [0.25, 0.3) is 0 Å². The van der Waals surface area contributed by atoms with Gasteiger partial charge in [-0.3, -0.25) is 0 Å². The van der Waals surface area contributed by atoms with Crippen LogP contribution in [0.25, 0.3) is 0 Å². The van der Waals surface area contributed by atoms with E-state index in [1.807, 2.05) is 0 Å². The van der Waals surface area contributed by atoms with Crippen LogP contribution in [0.2, 0.25) is 0 Å². The molecule has 19 heavy (non-hydrogen) atoms. The fraction of sp³-hybridized carbons (Fsp3) is 0.846. The molecule has 1 unspecified atom stereocenters. The lowest BCUT2D eigenvalue weighted by atomic mass is 9.79. The van der Waals surface area contributed by atoms with Crippen LogP contribution in [-0.2, 0) is 15.1 Å². The number of nitrogens with two attached hydrogens (primary N) is 1. The number of ether oxygens (including phenoxy) is 2. The normalized spacial score (nSPS) is 29.4. The van der Waals surface area contributed by atoms with E-state index in [0.717, 1.165) is 31.6 Å². The van der Waals surface area contributed by atoms with E-state index in [1.165, 1.54) is 0 Å². The number of hydrogen-bond donors (Lipinski definition) is 1. The van der Waals surface area contributed by atoms with Crippen LogP contribution in [0.15, 0.2) is 4.52 Å². The molecule has 0 saturated heterocycles. The van der Waals surface area contributed by atoms with E-state index in [1.54, 1.807) is 14.2 Å². The molecule has 6 heteroatoms. The summed E-state index contributed by atoms with van der Waals surface area (Å²) in [5.74, 6) is 1.75. The summed E-state index contributed by atoms with van der Waals surface area (Å²) in [4.78, 5) is 4.41. The minimum atomic E-state index is -0.416. The molecule has 0 aliphatic heterocycles. The quantitative estimate of drug-likeness (QED) is 0.877. The van der Waals surface area contributed by atoms with Gasteiger partial charge in [0.1, 0.15) is 11.6 Å². The minimum Gasteiger partial charge on any atom is -0.383 e. The highest BCUT2D eigenvalue weighted by Gasteiger charge is 2.40. The Morgan fingerprint density at radius 3 is 2.68 bits per heavy atom. The lowest BCUT2D eigenvalue weighted by Crippen LogP contribution is -2.34. The van der Waals surface area contributed by atoms with Gasteiger partial charge in [0.05, 0.1) is 6.61 Å². The molecule has 1 aromatic heterocycles. The van der Waals surface area contributed by atoms with E-state index in [4.69, 9.17) is 19.7 Å². The molecule has 0 spiro atoms. The zero-order valence-electron chi connectivity index (χ0n) is 11.9. The van der Waals surface area contributed by atoms with Crippen LogP contribution in [0, 0.1) is 5.92 Å². The Hall–Kier alpha value is -0.980. The van der Waals surface area contributed by atoms with E-state index in [2.05, 4.69) is 17.1 Å². The molecule has 0 radical (unpaired) electrons. The molecule has 1 saturated carbocycles. The molecule has 0 bridgehead atoms. The zero-order chi connectivity index (χ0) is 13.9. The largest absolute Gasteiger partial charge is 0.383 e. The smallest absolute Gasteiger partial charge is 0.246 e. The van der Waals surface area contributed by atoms with Crippen molar-refractivity contribution in [3.05, 3.63) is 11.7 Å². The van der Waals surface area contributed by atoms with Crippen LogP contribution in [0.4, 0.5) is 0 Å². The Kier molecular flexibility index (Phi) is 4.54. The Labute approximate surface area is 113 Å². The topological polar surface area (TPSA) is 83.4 Å². The molecule has 1 aromatic rings. The first-order valence-corrected chi connectivity index (χ1v) is 6.75. The Bertz CT molecular complexity index is 400. The second-order valence-electron chi connectivity index (χ2n) is 5.40. The molecule has 2 rings (SSSR count). The van der Waals surface area contributed by atoms with E-state index < -0.39 is 5.60 Å². The molecule has 1 atom stereocenters. The van der Waals surface area contributed by atoms with Crippen molar-refractivity contribution in [2.45, 2.75) is 44.2 Å². The third-order valence-electron chi connectivity index (χ3n) is 3.99. The first-order chi connectivity index (χ1) is 9.11. The third kappa shape index (κ3) is 2.96. The van der Waals surface area contributed by atoms with Crippen molar-refractivity contribution < 1.29 is 14.0 Å². The van der Waals surface area contributed by atoms with Crippen LogP contribution >= 0.6 is 0 Å². The van der Waals surface area contributed by atoms with Crippen molar-refractivity contribution in [3.63, 3.8) is 0 Å². The van der Waals surface area contributed by atoms with Crippen molar-refractivity contribution >= 4 is 0 Å². The molecule has 2 N–H and O–H groups in total. The number of hydrogen-bond acceptors (Lipinski definition) is 6. The summed E-state index contributed by atoms with van der Waals surface area (Å²) in [6.45, 7) is 2.62. The van der Waals surface area contributed by atoms with Gasteiger partial charge in [-0.2, -0.15) is 4.98 Å². The van der Waals surface area contributed by atoms with Gasteiger partial charge in [-0.25, -0.2) is 0 Å². The van der Waals surface area contributed by atoms with E-state index in [9.17, 15) is 0 Å². The van der Waals surface area contributed by atoms with Crippen LogP contribution in [0.1, 0.15) is 50.4 Å². The number of nitrogens with zero attached hydrogens (tertiary/aromatic N) is 2. The summed E-state index contributed by atoms with van der Waals surface area (Å²) in [5, 5.41) is 4.06. The molecule has 0 amide bonds. The SMILES string of the molecule is COCC(N)c1nc(C2(OC)CCC(C)CC2)no1. The number of methoxy groups -OCH3 is 2. The summed E-state index contributed by atoms with van der Waals surface area (Å²) in [5.41, 5.74) is 5.48. The summed E-state index contributed by atoms with van der Waals surface area (Å²) in [6, 6.07) is -0.386. The predicted molar refractivity (Wildman–Crippen MR) is 69.4 cm³/mol. The van der Waals surface area contributed by atoms with Crippen molar-refractivity contribution in [1.82, 2.24) is 10.1 Å². The molecular formula is C13H23N3O3. The first-order valence-electron chi connectivity index (χ1n) is 6.75. The van der Waals surface area contributed by atoms with Crippen molar-refractivity contribution in [1.29, 1.82) is 0 Å². The summed E-state index contributed by atoms with van der Waals surface area (Å²) >= 11 is 0. The molecule has 6 nitrogen and oxygen atoms in total. The standard InChI is InChI=1S/C13H23N3O3/c1-9-4-6-13(18-3,7-5-9)12-15-11(19-16-12)10(14)8-17-2/h9-10H,4-8,14H2,1-3H3. The third-order valence-corrected chi connectivity index (χ3v) is 3.99. The zero-order valence-corrected chi connectivity index (χ0v) is 11.9. The lowest BCUT2D eigenvalue weighted by molar-refractivity contribution is -0.0609. The van der Waals surface area contributed by atoms with Crippen LogP contribution in [0.5, 0.6) is 0 Å². The molecule has 1 heterocycles. The van der Waals surface area contributed by atoms with Crippen molar-refractivity contribution in [2.75, 3.05) is 20.8 Å². The van der Waals surface area contributed by atoms with Gasteiger partial charge < -0.3 is 19.7 Å². The highest BCUT2D eigenvalue weighted by atomic mass is 16.5. The molecular weight excluding hydrogens is 246 g/mol. The predicted octanol–water partition coefficient (Wildman–Crippen LogP) is 1.77. The fourth-order valence-electron chi connectivity index (χ4n) is 2.57. The lowest BCUT2D eigenvalue weighted by Gasteiger charge is -2.35. The Morgan fingerprint density at radius 1 is 1.42 bits per heavy atom. The molecule has 1 fully saturated rings. The average molecular weight is 269 g/mol. The molecule has 1 aliphatic carbocycles. The fourth-order valence-corrected chi connectivity index (χ4v) is 2.57. The van der Waals surface area contributed by atoms with E-state index in [-0.39, 0.29) is 6.04 Å². The van der Waals surface area contributed by atoms with E-state index >= 15 is 0 Å². The van der Waals surface area contributed by atoms with Gasteiger partial charge in [0.2, 0.25) is 11.7 Å². The van der Waals surface area contributed by atoms with Gasteiger partial charge in [0.15, 0.2) is 0 Å². The van der Waals surface area contributed by atoms with Gasteiger partial charge in [-0.1, -0.05) is 12.1 Å². The van der Waals surface area contributed by atoms with Gasteiger partial charge >= 0.3 is 0 Å². The van der Waals surface area contributed by atoms with Crippen LogP contribution in [-0.4, -0.2) is 31.0 Å². The summed E-state index contributed by atoms with van der Waals surface area (Å²) in [7, 11) is 3.30. The maximum Gasteiger partial charge on any atom is 0.246 e. The van der Waals surface area contributed by atoms with Crippen LogP contribution < -0.4 is 5.73 Å². The monoisotopic (exact) mass is 269 g/mol. The second kappa shape index (κ2) is 5.98. The summed E-state index contributed by atoms with van der Waals surface area (Å²) < 4.78 is 15.9. The Morgan fingerprint density at radius 2 is 2.11 bits per heavy atom. The van der Waals surface area contributed by atoms with Crippen molar-refractivity contribution in [2.24, 2.45) is 11.7 Å².